The molecule has 1 unspecified atom stereocenters. The highest BCUT2D eigenvalue weighted by Gasteiger charge is 2.31. The lowest BCUT2D eigenvalue weighted by Crippen LogP contribution is -2.45. The minimum Gasteiger partial charge on any atom is -0.480 e. The van der Waals surface area contributed by atoms with Gasteiger partial charge in [0.05, 0.1) is 0 Å². The van der Waals surface area contributed by atoms with Gasteiger partial charge in [-0.15, -0.1) is 0 Å². The molecule has 21 heavy (non-hydrogen) atoms. The lowest BCUT2D eigenvalue weighted by atomic mass is 10.2. The Kier molecular flexibility index (Phi) is 5.28. The molecule has 1 fully saturated rings. The van der Waals surface area contributed by atoms with Crippen molar-refractivity contribution >= 4 is 23.9 Å². The Morgan fingerprint density at radius 3 is 2.24 bits per heavy atom. The molecule has 2 N–H and O–H groups in total. The van der Waals surface area contributed by atoms with Crippen molar-refractivity contribution in [2.24, 2.45) is 0 Å². The Morgan fingerprint density at radius 2 is 1.81 bits per heavy atom. The number of rotatable bonds is 5. The summed E-state index contributed by atoms with van der Waals surface area (Å²) in [6.45, 7) is 4.93. The number of alkyl carbamates (subject to hydrolysis) is 1. The highest BCUT2D eigenvalue weighted by molar-refractivity contribution is 6.01. The standard InChI is InChI=1S/C13H20N2O6/c1-13(2,3)21-12(20)14-8(11(18)19)6-7-15-9(16)4-5-10(15)17/h8H,4-7H2,1-3H3,(H,14,20)(H,18,19). The van der Waals surface area contributed by atoms with Gasteiger partial charge in [0.1, 0.15) is 11.6 Å². The van der Waals surface area contributed by atoms with Crippen LogP contribution in [0.3, 0.4) is 0 Å². The lowest BCUT2D eigenvalue weighted by molar-refractivity contribution is -0.142. The molecule has 1 aliphatic rings. The monoisotopic (exact) mass is 300 g/mol. The number of nitrogens with one attached hydrogen (secondary N) is 1. The van der Waals surface area contributed by atoms with Crippen molar-refractivity contribution in [1.29, 1.82) is 0 Å². The van der Waals surface area contributed by atoms with Gasteiger partial charge in [-0.3, -0.25) is 14.5 Å². The average Bonchev–Trinajstić information content (AvgIpc) is 2.62. The number of carbonyl (C=O) groups excluding carboxylic acids is 3. The van der Waals surface area contributed by atoms with E-state index >= 15 is 0 Å². The molecule has 1 rings (SSSR count). The van der Waals surface area contributed by atoms with Crippen LogP contribution in [0.4, 0.5) is 4.79 Å². The predicted octanol–water partition coefficient (Wildman–Crippen LogP) is 0.503. The van der Waals surface area contributed by atoms with E-state index in [4.69, 9.17) is 9.84 Å². The average molecular weight is 300 g/mol. The fourth-order valence-corrected chi connectivity index (χ4v) is 1.84. The SMILES string of the molecule is CC(C)(C)OC(=O)NC(CCN1C(=O)CCC1=O)C(=O)O. The molecule has 118 valence electrons. The minimum absolute atomic E-state index is 0.0373. The summed E-state index contributed by atoms with van der Waals surface area (Å²) in [6.07, 6.45) is -0.618. The number of carboxylic acid groups (broad SMARTS) is 1. The van der Waals surface area contributed by atoms with Crippen LogP contribution in [0.2, 0.25) is 0 Å². The van der Waals surface area contributed by atoms with Crippen LogP contribution < -0.4 is 5.32 Å². The number of likely N-dealkylation sites (tertiary alicyclic amines) is 1. The summed E-state index contributed by atoms with van der Waals surface area (Å²) in [7, 11) is 0. The highest BCUT2D eigenvalue weighted by Crippen LogP contribution is 2.13. The van der Waals surface area contributed by atoms with Crippen molar-refractivity contribution in [3.63, 3.8) is 0 Å². The Morgan fingerprint density at radius 1 is 1.29 bits per heavy atom. The molecule has 0 bridgehead atoms. The van der Waals surface area contributed by atoms with Gasteiger partial charge in [-0.1, -0.05) is 0 Å². The summed E-state index contributed by atoms with van der Waals surface area (Å²) in [5.41, 5.74) is -0.742. The third-order valence-corrected chi connectivity index (χ3v) is 2.79. The molecule has 1 saturated heterocycles. The van der Waals surface area contributed by atoms with Gasteiger partial charge in [-0.25, -0.2) is 9.59 Å². The molecular weight excluding hydrogens is 280 g/mol. The number of ether oxygens (including phenoxy) is 1. The molecule has 0 saturated carbocycles. The maximum absolute atomic E-state index is 11.6. The summed E-state index contributed by atoms with van der Waals surface area (Å²) in [5.74, 6) is -1.89. The zero-order valence-corrected chi connectivity index (χ0v) is 12.3. The van der Waals surface area contributed by atoms with Crippen molar-refractivity contribution in [3.8, 4) is 0 Å². The van der Waals surface area contributed by atoms with Gasteiger partial charge >= 0.3 is 12.1 Å². The molecule has 1 aliphatic heterocycles. The summed E-state index contributed by atoms with van der Waals surface area (Å²) in [4.78, 5) is 46.5. The number of hydrogen-bond donors (Lipinski definition) is 2. The van der Waals surface area contributed by atoms with Crippen molar-refractivity contribution < 1.29 is 29.0 Å². The first-order chi connectivity index (χ1) is 9.60. The fraction of sp³-hybridized carbons (Fsp3) is 0.692. The Hall–Kier alpha value is -2.12. The predicted molar refractivity (Wildman–Crippen MR) is 71.4 cm³/mol. The normalized spacial score (nSPS) is 16.8. The second-order valence-electron chi connectivity index (χ2n) is 5.76. The Labute approximate surface area is 122 Å². The summed E-state index contributed by atoms with van der Waals surface area (Å²) >= 11 is 0. The van der Waals surface area contributed by atoms with E-state index in [9.17, 15) is 19.2 Å². The first-order valence-corrected chi connectivity index (χ1v) is 6.65. The van der Waals surface area contributed by atoms with Crippen molar-refractivity contribution in [2.45, 2.75) is 51.7 Å². The van der Waals surface area contributed by atoms with Crippen LogP contribution in [0.5, 0.6) is 0 Å². The highest BCUT2D eigenvalue weighted by atomic mass is 16.6. The van der Waals surface area contributed by atoms with Crippen LogP contribution in [-0.2, 0) is 19.1 Å². The van der Waals surface area contributed by atoms with Gasteiger partial charge in [0.25, 0.3) is 0 Å². The summed E-state index contributed by atoms with van der Waals surface area (Å²) < 4.78 is 4.97. The number of amides is 3. The number of nitrogens with zero attached hydrogens (tertiary/aromatic N) is 1. The van der Waals surface area contributed by atoms with Crippen LogP contribution >= 0.6 is 0 Å². The zero-order valence-electron chi connectivity index (χ0n) is 12.3. The van der Waals surface area contributed by atoms with Gasteiger partial charge in [0, 0.05) is 19.4 Å². The van der Waals surface area contributed by atoms with Crippen LogP contribution in [0.15, 0.2) is 0 Å². The van der Waals surface area contributed by atoms with Crippen LogP contribution in [0.1, 0.15) is 40.0 Å². The van der Waals surface area contributed by atoms with Gasteiger partial charge in [0.15, 0.2) is 0 Å². The van der Waals surface area contributed by atoms with Gasteiger partial charge < -0.3 is 15.2 Å². The van der Waals surface area contributed by atoms with E-state index in [0.29, 0.717) is 0 Å². The molecule has 0 aromatic heterocycles. The van der Waals surface area contributed by atoms with Gasteiger partial charge in [0.2, 0.25) is 11.8 Å². The second-order valence-corrected chi connectivity index (χ2v) is 5.76. The molecule has 0 radical (unpaired) electrons. The molecule has 0 aromatic rings. The second kappa shape index (κ2) is 6.55. The van der Waals surface area contributed by atoms with E-state index in [-0.39, 0.29) is 37.6 Å². The number of carbonyl (C=O) groups is 4. The third-order valence-electron chi connectivity index (χ3n) is 2.79. The smallest absolute Gasteiger partial charge is 0.408 e. The van der Waals surface area contributed by atoms with E-state index in [0.717, 1.165) is 4.90 Å². The van der Waals surface area contributed by atoms with E-state index in [2.05, 4.69) is 5.32 Å². The van der Waals surface area contributed by atoms with Gasteiger partial charge in [-0.2, -0.15) is 0 Å². The third kappa shape index (κ3) is 5.41. The molecule has 0 spiro atoms. The number of carboxylic acids is 1. The largest absolute Gasteiger partial charge is 0.480 e. The summed E-state index contributed by atoms with van der Waals surface area (Å²) in [6, 6.07) is -1.22. The van der Waals surface area contributed by atoms with E-state index in [1.54, 1.807) is 20.8 Å². The Balaban J connectivity index is 2.54. The van der Waals surface area contributed by atoms with Crippen LogP contribution in [0, 0.1) is 0 Å². The molecule has 0 aromatic carbocycles. The molecule has 8 nitrogen and oxygen atoms in total. The topological polar surface area (TPSA) is 113 Å². The molecule has 8 heteroatoms. The fourth-order valence-electron chi connectivity index (χ4n) is 1.84. The number of aliphatic carboxylic acids is 1. The molecule has 1 heterocycles. The number of hydrogen-bond acceptors (Lipinski definition) is 5. The molecule has 1 atom stereocenters. The van der Waals surface area contributed by atoms with Crippen LogP contribution in [-0.4, -0.2) is 52.1 Å². The van der Waals surface area contributed by atoms with Crippen molar-refractivity contribution in [3.05, 3.63) is 0 Å². The van der Waals surface area contributed by atoms with E-state index in [1.165, 1.54) is 0 Å². The summed E-state index contributed by atoms with van der Waals surface area (Å²) in [5, 5.41) is 11.3. The van der Waals surface area contributed by atoms with Gasteiger partial charge in [-0.05, 0) is 27.2 Å². The zero-order chi connectivity index (χ0) is 16.2. The van der Waals surface area contributed by atoms with E-state index < -0.39 is 23.7 Å². The van der Waals surface area contributed by atoms with Crippen molar-refractivity contribution in [2.75, 3.05) is 6.54 Å². The quantitative estimate of drug-likeness (QED) is 0.715. The maximum Gasteiger partial charge on any atom is 0.408 e. The molecule has 0 aliphatic carbocycles. The first-order valence-electron chi connectivity index (χ1n) is 6.65. The number of imide groups is 1. The Bertz CT molecular complexity index is 438. The minimum atomic E-state index is -1.25. The van der Waals surface area contributed by atoms with Crippen LogP contribution in [0.25, 0.3) is 0 Å². The van der Waals surface area contributed by atoms with Crippen molar-refractivity contribution in [1.82, 2.24) is 10.2 Å². The maximum atomic E-state index is 11.6. The molecular formula is C13H20N2O6. The first kappa shape index (κ1) is 16.9. The lowest BCUT2D eigenvalue weighted by Gasteiger charge is -2.22. The molecule has 3 amide bonds. The van der Waals surface area contributed by atoms with E-state index in [1.807, 2.05) is 0 Å².